The third kappa shape index (κ3) is 2.22. The van der Waals surface area contributed by atoms with Crippen molar-refractivity contribution in [1.82, 2.24) is 4.90 Å². The summed E-state index contributed by atoms with van der Waals surface area (Å²) in [7, 11) is 0. The summed E-state index contributed by atoms with van der Waals surface area (Å²) in [6.45, 7) is 1.41. The summed E-state index contributed by atoms with van der Waals surface area (Å²) in [6.07, 6.45) is 2.67. The zero-order valence-corrected chi connectivity index (χ0v) is 12.0. The zero-order chi connectivity index (χ0) is 14.2. The molecule has 2 saturated heterocycles. The average Bonchev–Trinajstić information content (AvgIpc) is 2.77. The van der Waals surface area contributed by atoms with Crippen molar-refractivity contribution in [1.29, 1.82) is 0 Å². The number of amides is 1. The van der Waals surface area contributed by atoms with Gasteiger partial charge in [-0.15, -0.1) is 0 Å². The lowest BCUT2D eigenvalue weighted by molar-refractivity contribution is -0.140. The molecule has 0 N–H and O–H groups in total. The highest BCUT2D eigenvalue weighted by atomic mass is 16.5. The Labute approximate surface area is 124 Å². The Morgan fingerprint density at radius 1 is 1.05 bits per heavy atom. The topological polar surface area (TPSA) is 29.5 Å². The SMILES string of the molecule is O=C(Cc1cccc2ccccc12)N1C2CCC1COC2. The van der Waals surface area contributed by atoms with Crippen LogP contribution in [0.2, 0.25) is 0 Å². The Morgan fingerprint density at radius 2 is 1.76 bits per heavy atom. The van der Waals surface area contributed by atoms with Crippen molar-refractivity contribution in [3.05, 3.63) is 48.0 Å². The number of hydrogen-bond donors (Lipinski definition) is 0. The molecule has 21 heavy (non-hydrogen) atoms. The molecule has 1 amide bonds. The second-order valence-corrected chi connectivity index (χ2v) is 6.04. The minimum absolute atomic E-state index is 0.252. The number of morpholine rings is 1. The van der Waals surface area contributed by atoms with Gasteiger partial charge in [0.1, 0.15) is 0 Å². The van der Waals surface area contributed by atoms with Crippen molar-refractivity contribution in [3.8, 4) is 0 Å². The predicted molar refractivity (Wildman–Crippen MR) is 82.1 cm³/mol. The van der Waals surface area contributed by atoms with Crippen LogP contribution >= 0.6 is 0 Å². The molecule has 2 atom stereocenters. The van der Waals surface area contributed by atoms with Crippen molar-refractivity contribution in [3.63, 3.8) is 0 Å². The van der Waals surface area contributed by atoms with Gasteiger partial charge in [0, 0.05) is 0 Å². The largest absolute Gasteiger partial charge is 0.377 e. The molecule has 2 aliphatic heterocycles. The number of rotatable bonds is 2. The van der Waals surface area contributed by atoms with Crippen molar-refractivity contribution in [2.45, 2.75) is 31.3 Å². The first-order valence-electron chi connectivity index (χ1n) is 7.68. The molecule has 0 spiro atoms. The lowest BCUT2D eigenvalue weighted by Gasteiger charge is -2.34. The van der Waals surface area contributed by atoms with E-state index < -0.39 is 0 Å². The predicted octanol–water partition coefficient (Wildman–Crippen LogP) is 2.77. The fourth-order valence-electron chi connectivity index (χ4n) is 3.74. The smallest absolute Gasteiger partial charge is 0.227 e. The molecule has 0 aromatic heterocycles. The molecule has 2 unspecified atom stereocenters. The van der Waals surface area contributed by atoms with Crippen LogP contribution in [0.4, 0.5) is 0 Å². The van der Waals surface area contributed by atoms with Crippen molar-refractivity contribution in [2.75, 3.05) is 13.2 Å². The van der Waals surface area contributed by atoms with Gasteiger partial charge in [-0.1, -0.05) is 42.5 Å². The quantitative estimate of drug-likeness (QED) is 0.847. The summed E-state index contributed by atoms with van der Waals surface area (Å²) in [5.74, 6) is 0.252. The first-order valence-corrected chi connectivity index (χ1v) is 7.68. The lowest BCUT2D eigenvalue weighted by atomic mass is 10.0. The Bertz CT molecular complexity index is 660. The minimum atomic E-state index is 0.252. The van der Waals surface area contributed by atoms with Gasteiger partial charge in [-0.25, -0.2) is 0 Å². The number of hydrogen-bond acceptors (Lipinski definition) is 2. The summed E-state index contributed by atoms with van der Waals surface area (Å²) in [5, 5.41) is 2.39. The molecule has 108 valence electrons. The first-order chi connectivity index (χ1) is 10.3. The molecule has 2 fully saturated rings. The Morgan fingerprint density at radius 3 is 2.57 bits per heavy atom. The van der Waals surface area contributed by atoms with Gasteiger partial charge in [-0.2, -0.15) is 0 Å². The van der Waals surface area contributed by atoms with E-state index in [0.29, 0.717) is 31.7 Å². The third-order valence-corrected chi connectivity index (χ3v) is 4.75. The Kier molecular flexibility index (Phi) is 3.15. The standard InChI is InChI=1S/C18H19NO2/c20-18(19-15-8-9-16(19)12-21-11-15)10-14-6-3-5-13-4-1-2-7-17(13)14/h1-7,15-16H,8-12H2. The first kappa shape index (κ1) is 12.8. The van der Waals surface area contributed by atoms with E-state index in [4.69, 9.17) is 4.74 Å². The van der Waals surface area contributed by atoms with E-state index in [1.165, 1.54) is 10.8 Å². The summed E-state index contributed by atoms with van der Waals surface area (Å²) in [4.78, 5) is 14.8. The molecule has 0 aliphatic carbocycles. The fraction of sp³-hybridized carbons (Fsp3) is 0.389. The van der Waals surface area contributed by atoms with E-state index in [1.54, 1.807) is 0 Å². The van der Waals surface area contributed by atoms with E-state index in [1.807, 2.05) is 18.2 Å². The average molecular weight is 281 g/mol. The number of benzene rings is 2. The van der Waals surface area contributed by atoms with Crippen LogP contribution in [0.5, 0.6) is 0 Å². The van der Waals surface area contributed by atoms with Gasteiger partial charge in [0.05, 0.1) is 31.7 Å². The second kappa shape index (κ2) is 5.15. The van der Waals surface area contributed by atoms with Crippen LogP contribution in [0.3, 0.4) is 0 Å². The van der Waals surface area contributed by atoms with Crippen LogP contribution in [-0.4, -0.2) is 36.1 Å². The van der Waals surface area contributed by atoms with Gasteiger partial charge in [-0.3, -0.25) is 4.79 Å². The van der Waals surface area contributed by atoms with Crippen molar-refractivity contribution in [2.24, 2.45) is 0 Å². The van der Waals surface area contributed by atoms with Gasteiger partial charge < -0.3 is 9.64 Å². The summed E-state index contributed by atoms with van der Waals surface area (Å²) in [6, 6.07) is 15.1. The normalized spacial score (nSPS) is 24.5. The van der Waals surface area contributed by atoms with Crippen LogP contribution in [0.1, 0.15) is 18.4 Å². The fourth-order valence-corrected chi connectivity index (χ4v) is 3.74. The Balaban J connectivity index is 1.61. The van der Waals surface area contributed by atoms with E-state index in [9.17, 15) is 4.79 Å². The molecule has 2 heterocycles. The van der Waals surface area contributed by atoms with Gasteiger partial charge in [0.25, 0.3) is 0 Å². The molecule has 0 saturated carbocycles. The molecule has 2 aromatic rings. The van der Waals surface area contributed by atoms with Gasteiger partial charge in [-0.05, 0) is 29.2 Å². The molecule has 2 bridgehead atoms. The maximum Gasteiger partial charge on any atom is 0.227 e. The molecule has 2 aliphatic rings. The number of ether oxygens (including phenoxy) is 1. The van der Waals surface area contributed by atoms with E-state index in [0.717, 1.165) is 18.4 Å². The maximum absolute atomic E-state index is 12.7. The number of carbonyl (C=O) groups is 1. The van der Waals surface area contributed by atoms with Crippen LogP contribution in [-0.2, 0) is 16.0 Å². The molecule has 3 heteroatoms. The van der Waals surface area contributed by atoms with Crippen molar-refractivity contribution >= 4 is 16.7 Å². The number of fused-ring (bicyclic) bond motifs is 3. The minimum Gasteiger partial charge on any atom is -0.377 e. The molecule has 0 radical (unpaired) electrons. The van der Waals surface area contributed by atoms with Crippen LogP contribution in [0, 0.1) is 0 Å². The molecule has 4 rings (SSSR count). The maximum atomic E-state index is 12.7. The third-order valence-electron chi connectivity index (χ3n) is 4.75. The summed E-state index contributed by atoms with van der Waals surface area (Å²) >= 11 is 0. The number of carbonyl (C=O) groups excluding carboxylic acids is 1. The lowest BCUT2D eigenvalue weighted by Crippen LogP contribution is -2.49. The van der Waals surface area contributed by atoms with Crippen LogP contribution in [0.25, 0.3) is 10.8 Å². The highest BCUT2D eigenvalue weighted by Crippen LogP contribution is 2.30. The van der Waals surface area contributed by atoms with Crippen LogP contribution < -0.4 is 0 Å². The van der Waals surface area contributed by atoms with Crippen molar-refractivity contribution < 1.29 is 9.53 Å². The molecular formula is C18H19NO2. The van der Waals surface area contributed by atoms with Gasteiger partial charge >= 0.3 is 0 Å². The molecular weight excluding hydrogens is 262 g/mol. The molecule has 2 aromatic carbocycles. The van der Waals surface area contributed by atoms with E-state index in [-0.39, 0.29) is 5.91 Å². The highest BCUT2D eigenvalue weighted by molar-refractivity contribution is 5.90. The van der Waals surface area contributed by atoms with E-state index in [2.05, 4.69) is 29.2 Å². The monoisotopic (exact) mass is 281 g/mol. The zero-order valence-electron chi connectivity index (χ0n) is 12.0. The van der Waals surface area contributed by atoms with Gasteiger partial charge in [0.2, 0.25) is 5.91 Å². The van der Waals surface area contributed by atoms with Crippen LogP contribution in [0.15, 0.2) is 42.5 Å². The molecule has 3 nitrogen and oxygen atoms in total. The van der Waals surface area contributed by atoms with Gasteiger partial charge in [0.15, 0.2) is 0 Å². The van der Waals surface area contributed by atoms with E-state index >= 15 is 0 Å². The number of nitrogens with zero attached hydrogens (tertiary/aromatic N) is 1. The Hall–Kier alpha value is -1.87. The highest BCUT2D eigenvalue weighted by Gasteiger charge is 2.40. The summed E-state index contributed by atoms with van der Waals surface area (Å²) < 4.78 is 5.56. The second-order valence-electron chi connectivity index (χ2n) is 6.04. The summed E-state index contributed by atoms with van der Waals surface area (Å²) in [5.41, 5.74) is 1.13.